The number of nitrogens with zero attached hydrogens (tertiary/aromatic N) is 1. The van der Waals surface area contributed by atoms with Crippen LogP contribution in [0, 0.1) is 11.6 Å². The van der Waals surface area contributed by atoms with Gasteiger partial charge in [-0.3, -0.25) is 9.59 Å². The van der Waals surface area contributed by atoms with Gasteiger partial charge in [-0.25, -0.2) is 8.78 Å². The van der Waals surface area contributed by atoms with Crippen LogP contribution in [0.4, 0.5) is 14.5 Å². The Morgan fingerprint density at radius 2 is 1.76 bits per heavy atom. The van der Waals surface area contributed by atoms with Crippen molar-refractivity contribution < 1.29 is 18.4 Å². The first-order valence-electron chi connectivity index (χ1n) is 8.04. The van der Waals surface area contributed by atoms with Gasteiger partial charge >= 0.3 is 0 Å². The van der Waals surface area contributed by atoms with Crippen molar-refractivity contribution in [3.8, 4) is 0 Å². The third-order valence-electron chi connectivity index (χ3n) is 3.74. The van der Waals surface area contributed by atoms with Crippen molar-refractivity contribution >= 4 is 17.5 Å². The average Bonchev–Trinajstić information content (AvgIpc) is 2.62. The summed E-state index contributed by atoms with van der Waals surface area (Å²) in [6.07, 6.45) is 1.88. The number of nitrogens with one attached hydrogen (secondary N) is 1. The standard InChI is InChI=1S/C19H20F2N2O2/c1-3-4-10-23(2)19(25)14-7-5-6-13(11-14)18(24)22-15-8-9-16(20)17(21)12-15/h5-9,11-12H,3-4,10H2,1-2H3,(H,22,24). The second kappa shape index (κ2) is 8.37. The topological polar surface area (TPSA) is 49.4 Å². The molecule has 132 valence electrons. The van der Waals surface area contributed by atoms with E-state index < -0.39 is 17.5 Å². The van der Waals surface area contributed by atoms with Gasteiger partial charge in [0, 0.05) is 36.5 Å². The molecule has 25 heavy (non-hydrogen) atoms. The number of unbranched alkanes of at least 4 members (excludes halogenated alkanes) is 1. The van der Waals surface area contributed by atoms with Crippen LogP contribution in [0.15, 0.2) is 42.5 Å². The van der Waals surface area contributed by atoms with Crippen LogP contribution >= 0.6 is 0 Å². The highest BCUT2D eigenvalue weighted by molar-refractivity contribution is 6.06. The lowest BCUT2D eigenvalue weighted by atomic mass is 10.1. The van der Waals surface area contributed by atoms with Crippen molar-refractivity contribution in [2.45, 2.75) is 19.8 Å². The molecule has 2 amide bonds. The van der Waals surface area contributed by atoms with E-state index in [0.29, 0.717) is 12.1 Å². The van der Waals surface area contributed by atoms with Gasteiger partial charge in [-0.15, -0.1) is 0 Å². The fraction of sp³-hybridized carbons (Fsp3) is 0.263. The van der Waals surface area contributed by atoms with Crippen LogP contribution in [0.2, 0.25) is 0 Å². The Hall–Kier alpha value is -2.76. The maximum atomic E-state index is 13.2. The summed E-state index contributed by atoms with van der Waals surface area (Å²) in [6.45, 7) is 2.68. The molecule has 0 aliphatic carbocycles. The van der Waals surface area contributed by atoms with E-state index in [1.54, 1.807) is 30.1 Å². The minimum absolute atomic E-state index is 0.140. The Morgan fingerprint density at radius 3 is 2.44 bits per heavy atom. The van der Waals surface area contributed by atoms with Gasteiger partial charge in [0.25, 0.3) is 11.8 Å². The Kier molecular flexibility index (Phi) is 6.22. The Balaban J connectivity index is 2.13. The van der Waals surface area contributed by atoms with Crippen LogP contribution in [0.5, 0.6) is 0 Å². The number of benzene rings is 2. The molecule has 0 atom stereocenters. The molecule has 2 aromatic rings. The molecule has 0 saturated heterocycles. The SMILES string of the molecule is CCCCN(C)C(=O)c1cccc(C(=O)Nc2ccc(F)c(F)c2)c1. The highest BCUT2D eigenvalue weighted by Crippen LogP contribution is 2.15. The van der Waals surface area contributed by atoms with Crippen LogP contribution in [-0.4, -0.2) is 30.3 Å². The molecule has 0 aliphatic heterocycles. The second-order valence-electron chi connectivity index (χ2n) is 5.74. The van der Waals surface area contributed by atoms with Crippen molar-refractivity contribution in [3.63, 3.8) is 0 Å². The summed E-state index contributed by atoms with van der Waals surface area (Å²) in [6, 6.07) is 9.40. The molecular weight excluding hydrogens is 326 g/mol. The normalized spacial score (nSPS) is 10.4. The third kappa shape index (κ3) is 4.86. The largest absolute Gasteiger partial charge is 0.342 e. The number of carbonyl (C=O) groups excluding carboxylic acids is 2. The molecule has 0 aromatic heterocycles. The first-order chi connectivity index (χ1) is 11.9. The summed E-state index contributed by atoms with van der Waals surface area (Å²) < 4.78 is 26.2. The zero-order chi connectivity index (χ0) is 18.4. The van der Waals surface area contributed by atoms with Gasteiger partial charge in [0.1, 0.15) is 0 Å². The van der Waals surface area contributed by atoms with Gasteiger partial charge in [0.15, 0.2) is 11.6 Å². The van der Waals surface area contributed by atoms with E-state index in [2.05, 4.69) is 5.32 Å². The molecule has 0 heterocycles. The lowest BCUT2D eigenvalue weighted by molar-refractivity contribution is 0.0793. The molecule has 0 saturated carbocycles. The molecule has 0 bridgehead atoms. The zero-order valence-electron chi connectivity index (χ0n) is 14.2. The smallest absolute Gasteiger partial charge is 0.255 e. The molecule has 0 fully saturated rings. The fourth-order valence-electron chi connectivity index (χ4n) is 2.29. The van der Waals surface area contributed by atoms with Crippen molar-refractivity contribution in [1.82, 2.24) is 4.90 Å². The fourth-order valence-corrected chi connectivity index (χ4v) is 2.29. The van der Waals surface area contributed by atoms with Crippen molar-refractivity contribution in [2.75, 3.05) is 18.9 Å². The zero-order valence-corrected chi connectivity index (χ0v) is 14.2. The summed E-state index contributed by atoms with van der Waals surface area (Å²) in [5, 5.41) is 2.49. The summed E-state index contributed by atoms with van der Waals surface area (Å²) in [5.41, 5.74) is 0.803. The van der Waals surface area contributed by atoms with Crippen LogP contribution in [0.1, 0.15) is 40.5 Å². The molecule has 0 aliphatic rings. The first kappa shape index (κ1) is 18.6. The number of hydrogen-bond donors (Lipinski definition) is 1. The van der Waals surface area contributed by atoms with Crippen LogP contribution in [0.3, 0.4) is 0 Å². The summed E-state index contributed by atoms with van der Waals surface area (Å²) >= 11 is 0. The lowest BCUT2D eigenvalue weighted by Crippen LogP contribution is -2.28. The van der Waals surface area contributed by atoms with Gasteiger partial charge in [-0.1, -0.05) is 19.4 Å². The van der Waals surface area contributed by atoms with Crippen LogP contribution in [0.25, 0.3) is 0 Å². The number of halogens is 2. The molecule has 1 N–H and O–H groups in total. The van der Waals surface area contributed by atoms with Gasteiger partial charge in [-0.2, -0.15) is 0 Å². The second-order valence-corrected chi connectivity index (χ2v) is 5.74. The maximum absolute atomic E-state index is 13.2. The van der Waals surface area contributed by atoms with E-state index in [-0.39, 0.29) is 17.2 Å². The summed E-state index contributed by atoms with van der Waals surface area (Å²) in [7, 11) is 1.71. The molecular formula is C19H20F2N2O2. The van der Waals surface area contributed by atoms with Crippen molar-refractivity contribution in [2.24, 2.45) is 0 Å². The molecule has 6 heteroatoms. The van der Waals surface area contributed by atoms with Crippen LogP contribution < -0.4 is 5.32 Å². The Bertz CT molecular complexity index is 778. The summed E-state index contributed by atoms with van der Waals surface area (Å²) in [5.74, 6) is -2.70. The van der Waals surface area contributed by atoms with Gasteiger partial charge in [-0.05, 0) is 36.8 Å². The third-order valence-corrected chi connectivity index (χ3v) is 3.74. The van der Waals surface area contributed by atoms with Gasteiger partial charge < -0.3 is 10.2 Å². The minimum atomic E-state index is -1.04. The van der Waals surface area contributed by atoms with Gasteiger partial charge in [0.2, 0.25) is 0 Å². The summed E-state index contributed by atoms with van der Waals surface area (Å²) in [4.78, 5) is 26.3. The predicted octanol–water partition coefficient (Wildman–Crippen LogP) is 4.09. The lowest BCUT2D eigenvalue weighted by Gasteiger charge is -2.17. The van der Waals surface area contributed by atoms with E-state index in [0.717, 1.165) is 25.0 Å². The first-order valence-corrected chi connectivity index (χ1v) is 8.04. The molecule has 0 radical (unpaired) electrons. The quantitative estimate of drug-likeness (QED) is 0.856. The predicted molar refractivity (Wildman–Crippen MR) is 92.6 cm³/mol. The molecule has 0 unspecified atom stereocenters. The molecule has 0 spiro atoms. The van der Waals surface area contributed by atoms with Crippen LogP contribution in [-0.2, 0) is 0 Å². The van der Waals surface area contributed by atoms with E-state index >= 15 is 0 Å². The molecule has 2 rings (SSSR count). The van der Waals surface area contributed by atoms with E-state index in [1.165, 1.54) is 12.1 Å². The van der Waals surface area contributed by atoms with E-state index in [1.807, 2.05) is 6.92 Å². The van der Waals surface area contributed by atoms with E-state index in [4.69, 9.17) is 0 Å². The number of carbonyl (C=O) groups is 2. The Labute approximate surface area is 145 Å². The van der Waals surface area contributed by atoms with Crippen molar-refractivity contribution in [3.05, 3.63) is 65.2 Å². The average molecular weight is 346 g/mol. The number of amides is 2. The molecule has 4 nitrogen and oxygen atoms in total. The minimum Gasteiger partial charge on any atom is -0.342 e. The van der Waals surface area contributed by atoms with Crippen molar-refractivity contribution in [1.29, 1.82) is 0 Å². The monoisotopic (exact) mass is 346 g/mol. The number of anilines is 1. The number of hydrogen-bond acceptors (Lipinski definition) is 2. The van der Waals surface area contributed by atoms with E-state index in [9.17, 15) is 18.4 Å². The van der Waals surface area contributed by atoms with Gasteiger partial charge in [0.05, 0.1) is 0 Å². The number of rotatable bonds is 6. The molecule has 2 aromatic carbocycles. The Morgan fingerprint density at radius 1 is 1.04 bits per heavy atom. The highest BCUT2D eigenvalue weighted by Gasteiger charge is 2.14. The maximum Gasteiger partial charge on any atom is 0.255 e. The highest BCUT2D eigenvalue weighted by atomic mass is 19.2.